The SMILES string of the molecule is C/C=C/C/C=C/C/C=C/CCCCCCCC(=O)O. The van der Waals surface area contributed by atoms with Crippen molar-refractivity contribution in [1.82, 2.24) is 0 Å². The topological polar surface area (TPSA) is 37.3 Å². The highest BCUT2D eigenvalue weighted by molar-refractivity contribution is 5.66. The summed E-state index contributed by atoms with van der Waals surface area (Å²) in [5.74, 6) is -0.676. The molecule has 0 atom stereocenters. The molecule has 0 radical (unpaired) electrons. The van der Waals surface area contributed by atoms with Gasteiger partial charge in [-0.05, 0) is 39.0 Å². The number of rotatable bonds is 12. The van der Waals surface area contributed by atoms with E-state index in [-0.39, 0.29) is 0 Å². The molecule has 0 bridgehead atoms. The van der Waals surface area contributed by atoms with Crippen molar-refractivity contribution in [3.63, 3.8) is 0 Å². The zero-order valence-corrected chi connectivity index (χ0v) is 12.2. The third-order valence-corrected chi connectivity index (χ3v) is 2.87. The lowest BCUT2D eigenvalue weighted by molar-refractivity contribution is -0.137. The molecule has 0 aliphatic rings. The van der Waals surface area contributed by atoms with Crippen LogP contribution < -0.4 is 0 Å². The maximum absolute atomic E-state index is 10.3. The Morgan fingerprint density at radius 1 is 0.842 bits per heavy atom. The second-order valence-electron chi connectivity index (χ2n) is 4.68. The molecular formula is C17H28O2. The van der Waals surface area contributed by atoms with Crippen molar-refractivity contribution in [2.45, 2.75) is 64.7 Å². The predicted octanol–water partition coefficient (Wildman–Crippen LogP) is 5.27. The number of unbranched alkanes of at least 4 members (excludes halogenated alkanes) is 5. The first-order valence-electron chi connectivity index (χ1n) is 7.40. The van der Waals surface area contributed by atoms with E-state index in [0.717, 1.165) is 38.5 Å². The van der Waals surface area contributed by atoms with Gasteiger partial charge in [0.25, 0.3) is 0 Å². The Morgan fingerprint density at radius 3 is 2.11 bits per heavy atom. The number of allylic oxidation sites excluding steroid dienone is 6. The standard InChI is InChI=1S/C17H28O2/c1-2-3-4-5-6-7-8-9-10-11-12-13-14-15-16-17(18)19/h2-3,5-6,8-9H,4,7,10-16H2,1H3,(H,18,19)/b3-2+,6-5+,9-8+. The average molecular weight is 264 g/mol. The average Bonchev–Trinajstić information content (AvgIpc) is 2.39. The normalized spacial score (nSPS) is 12.1. The highest BCUT2D eigenvalue weighted by Crippen LogP contribution is 2.07. The monoisotopic (exact) mass is 264 g/mol. The van der Waals surface area contributed by atoms with Gasteiger partial charge in [0.1, 0.15) is 0 Å². The first-order valence-corrected chi connectivity index (χ1v) is 7.40. The summed E-state index contributed by atoms with van der Waals surface area (Å²) < 4.78 is 0. The highest BCUT2D eigenvalue weighted by atomic mass is 16.4. The third kappa shape index (κ3) is 16.7. The molecule has 0 aliphatic heterocycles. The lowest BCUT2D eigenvalue weighted by atomic mass is 10.1. The van der Waals surface area contributed by atoms with Gasteiger partial charge < -0.3 is 5.11 Å². The van der Waals surface area contributed by atoms with E-state index in [1.54, 1.807) is 0 Å². The molecule has 0 fully saturated rings. The summed E-state index contributed by atoms with van der Waals surface area (Å²) in [6, 6.07) is 0. The van der Waals surface area contributed by atoms with Crippen LogP contribution in [0.15, 0.2) is 36.5 Å². The van der Waals surface area contributed by atoms with Crippen LogP contribution in [0.25, 0.3) is 0 Å². The predicted molar refractivity (Wildman–Crippen MR) is 82.3 cm³/mol. The Hall–Kier alpha value is -1.31. The number of hydrogen-bond acceptors (Lipinski definition) is 1. The lowest BCUT2D eigenvalue weighted by Gasteiger charge is -1.98. The van der Waals surface area contributed by atoms with Gasteiger partial charge in [-0.1, -0.05) is 55.7 Å². The Bertz CT molecular complexity index is 288. The van der Waals surface area contributed by atoms with E-state index >= 15 is 0 Å². The fourth-order valence-corrected chi connectivity index (χ4v) is 1.77. The van der Waals surface area contributed by atoms with E-state index in [2.05, 4.69) is 36.5 Å². The van der Waals surface area contributed by atoms with Crippen molar-refractivity contribution in [1.29, 1.82) is 0 Å². The van der Waals surface area contributed by atoms with Gasteiger partial charge in [-0.15, -0.1) is 0 Å². The maximum Gasteiger partial charge on any atom is 0.303 e. The molecule has 0 heterocycles. The molecule has 108 valence electrons. The summed E-state index contributed by atoms with van der Waals surface area (Å²) >= 11 is 0. The van der Waals surface area contributed by atoms with Crippen LogP contribution in [0.2, 0.25) is 0 Å². The number of carboxylic acid groups (broad SMARTS) is 1. The van der Waals surface area contributed by atoms with E-state index in [4.69, 9.17) is 5.11 Å². The molecule has 2 heteroatoms. The molecule has 0 unspecified atom stereocenters. The van der Waals surface area contributed by atoms with E-state index in [9.17, 15) is 4.79 Å². The first kappa shape index (κ1) is 17.7. The van der Waals surface area contributed by atoms with Crippen molar-refractivity contribution in [3.05, 3.63) is 36.5 Å². The fourth-order valence-electron chi connectivity index (χ4n) is 1.77. The van der Waals surface area contributed by atoms with Gasteiger partial charge in [0.15, 0.2) is 0 Å². The fraction of sp³-hybridized carbons (Fsp3) is 0.588. The van der Waals surface area contributed by atoms with E-state index in [1.807, 2.05) is 6.92 Å². The number of hydrogen-bond donors (Lipinski definition) is 1. The van der Waals surface area contributed by atoms with E-state index < -0.39 is 5.97 Å². The Morgan fingerprint density at radius 2 is 1.42 bits per heavy atom. The second-order valence-corrected chi connectivity index (χ2v) is 4.68. The molecule has 0 rings (SSSR count). The minimum Gasteiger partial charge on any atom is -0.481 e. The Labute approximate surface area is 117 Å². The second kappa shape index (κ2) is 14.7. The zero-order valence-electron chi connectivity index (χ0n) is 12.2. The summed E-state index contributed by atoms with van der Waals surface area (Å²) in [7, 11) is 0. The molecule has 0 amide bonds. The smallest absolute Gasteiger partial charge is 0.303 e. The van der Waals surface area contributed by atoms with Crippen LogP contribution >= 0.6 is 0 Å². The quantitative estimate of drug-likeness (QED) is 0.385. The van der Waals surface area contributed by atoms with Crippen molar-refractivity contribution in [2.75, 3.05) is 0 Å². The molecular weight excluding hydrogens is 236 g/mol. The number of carbonyl (C=O) groups is 1. The molecule has 0 aliphatic carbocycles. The van der Waals surface area contributed by atoms with Gasteiger partial charge in [-0.25, -0.2) is 0 Å². The Kier molecular flexibility index (Phi) is 13.7. The van der Waals surface area contributed by atoms with Gasteiger partial charge in [-0.2, -0.15) is 0 Å². The van der Waals surface area contributed by atoms with E-state index in [1.165, 1.54) is 12.8 Å². The molecule has 0 spiro atoms. The van der Waals surface area contributed by atoms with Crippen molar-refractivity contribution in [3.8, 4) is 0 Å². The lowest BCUT2D eigenvalue weighted by Crippen LogP contribution is -1.93. The van der Waals surface area contributed by atoms with Gasteiger partial charge >= 0.3 is 5.97 Å². The van der Waals surface area contributed by atoms with Crippen LogP contribution in [0, 0.1) is 0 Å². The summed E-state index contributed by atoms with van der Waals surface area (Å²) in [5.41, 5.74) is 0. The molecule has 0 aromatic heterocycles. The molecule has 1 N–H and O–H groups in total. The van der Waals surface area contributed by atoms with Crippen molar-refractivity contribution < 1.29 is 9.90 Å². The van der Waals surface area contributed by atoms with Gasteiger partial charge in [0, 0.05) is 6.42 Å². The van der Waals surface area contributed by atoms with Gasteiger partial charge in [-0.3, -0.25) is 4.79 Å². The van der Waals surface area contributed by atoms with Crippen LogP contribution in [-0.4, -0.2) is 11.1 Å². The number of aliphatic carboxylic acids is 1. The highest BCUT2D eigenvalue weighted by Gasteiger charge is 1.95. The largest absolute Gasteiger partial charge is 0.481 e. The molecule has 0 saturated carbocycles. The molecule has 19 heavy (non-hydrogen) atoms. The molecule has 2 nitrogen and oxygen atoms in total. The first-order chi connectivity index (χ1) is 9.27. The zero-order chi connectivity index (χ0) is 14.2. The van der Waals surface area contributed by atoms with Crippen LogP contribution in [0.5, 0.6) is 0 Å². The third-order valence-electron chi connectivity index (χ3n) is 2.87. The summed E-state index contributed by atoms with van der Waals surface area (Å²) in [6.07, 6.45) is 22.0. The van der Waals surface area contributed by atoms with Crippen molar-refractivity contribution in [2.24, 2.45) is 0 Å². The van der Waals surface area contributed by atoms with Crippen LogP contribution in [-0.2, 0) is 4.79 Å². The number of carboxylic acids is 1. The van der Waals surface area contributed by atoms with Crippen molar-refractivity contribution >= 4 is 5.97 Å². The van der Waals surface area contributed by atoms with Gasteiger partial charge in [0.2, 0.25) is 0 Å². The molecule has 0 aromatic rings. The summed E-state index contributed by atoms with van der Waals surface area (Å²) in [5, 5.41) is 8.49. The van der Waals surface area contributed by atoms with Crippen LogP contribution in [0.3, 0.4) is 0 Å². The maximum atomic E-state index is 10.3. The minimum atomic E-state index is -0.676. The summed E-state index contributed by atoms with van der Waals surface area (Å²) in [6.45, 7) is 2.04. The summed E-state index contributed by atoms with van der Waals surface area (Å²) in [4.78, 5) is 10.3. The van der Waals surface area contributed by atoms with Crippen LogP contribution in [0.4, 0.5) is 0 Å². The van der Waals surface area contributed by atoms with Crippen LogP contribution in [0.1, 0.15) is 64.7 Å². The van der Waals surface area contributed by atoms with Gasteiger partial charge in [0.05, 0.1) is 0 Å². The Balaban J connectivity index is 3.21. The van der Waals surface area contributed by atoms with E-state index in [0.29, 0.717) is 6.42 Å². The molecule has 0 aromatic carbocycles. The minimum absolute atomic E-state index is 0.319. The molecule has 0 saturated heterocycles.